The van der Waals surface area contributed by atoms with E-state index in [9.17, 15) is 9.59 Å². The number of carbonyl (C=O) groups excluding carboxylic acids is 1. The van der Waals surface area contributed by atoms with Gasteiger partial charge in [0.15, 0.2) is 5.58 Å². The second-order valence-corrected chi connectivity index (χ2v) is 9.04. The summed E-state index contributed by atoms with van der Waals surface area (Å²) in [5, 5.41) is 3.82. The van der Waals surface area contributed by atoms with Crippen LogP contribution in [0, 0.1) is 13.8 Å². The van der Waals surface area contributed by atoms with Gasteiger partial charge in [-0.05, 0) is 79.1 Å². The number of aromatic nitrogens is 1. The first-order chi connectivity index (χ1) is 17.9. The molecule has 2 heterocycles. The van der Waals surface area contributed by atoms with Crippen molar-refractivity contribution in [2.75, 3.05) is 5.32 Å². The Labute approximate surface area is 212 Å². The van der Waals surface area contributed by atoms with Crippen LogP contribution in [-0.4, -0.2) is 10.9 Å². The fourth-order valence-corrected chi connectivity index (χ4v) is 4.30. The Morgan fingerprint density at radius 2 is 1.57 bits per heavy atom. The van der Waals surface area contributed by atoms with Crippen molar-refractivity contribution < 1.29 is 13.6 Å². The van der Waals surface area contributed by atoms with Crippen molar-refractivity contribution in [3.8, 4) is 22.6 Å². The fraction of sp³-hybridized carbons (Fsp3) is 0.0645. The van der Waals surface area contributed by atoms with E-state index in [0.29, 0.717) is 33.9 Å². The SMILES string of the molecule is Cc1ccc2nc(-c3ccc(C)c(NC(=O)c4ccc(-c5cc6ccccc6oc5=O)cc4)c3)oc2c1. The number of anilines is 1. The van der Waals surface area contributed by atoms with Crippen molar-refractivity contribution in [2.45, 2.75) is 13.8 Å². The van der Waals surface area contributed by atoms with Crippen molar-refractivity contribution >= 4 is 33.7 Å². The summed E-state index contributed by atoms with van der Waals surface area (Å²) < 4.78 is 11.4. The summed E-state index contributed by atoms with van der Waals surface area (Å²) in [6, 6.07) is 27.6. The zero-order chi connectivity index (χ0) is 25.5. The van der Waals surface area contributed by atoms with Gasteiger partial charge in [-0.3, -0.25) is 4.79 Å². The van der Waals surface area contributed by atoms with E-state index >= 15 is 0 Å². The summed E-state index contributed by atoms with van der Waals surface area (Å²) in [6.07, 6.45) is 0. The van der Waals surface area contributed by atoms with Crippen LogP contribution in [0.15, 0.2) is 105 Å². The van der Waals surface area contributed by atoms with Crippen LogP contribution < -0.4 is 10.9 Å². The Kier molecular flexibility index (Phi) is 5.42. The Balaban J connectivity index is 1.26. The molecule has 6 aromatic rings. The standard InChI is InChI=1S/C31H22N2O4/c1-18-7-14-25-28(15-18)36-30(33-25)23-9-8-19(2)26(17-23)32-29(34)21-12-10-20(11-13-21)24-16-22-5-3-4-6-27(22)37-31(24)35/h3-17H,1-2H3,(H,32,34). The smallest absolute Gasteiger partial charge is 0.344 e. The highest BCUT2D eigenvalue weighted by Gasteiger charge is 2.14. The first-order valence-corrected chi connectivity index (χ1v) is 11.9. The van der Waals surface area contributed by atoms with Gasteiger partial charge in [0, 0.05) is 22.2 Å². The summed E-state index contributed by atoms with van der Waals surface area (Å²) in [5.74, 6) is 0.236. The Hall–Kier alpha value is -4.97. The highest BCUT2D eigenvalue weighted by molar-refractivity contribution is 6.05. The third kappa shape index (κ3) is 4.29. The normalized spacial score (nSPS) is 11.2. The maximum absolute atomic E-state index is 13.1. The molecule has 4 aromatic carbocycles. The molecule has 0 radical (unpaired) electrons. The zero-order valence-electron chi connectivity index (χ0n) is 20.2. The fourth-order valence-electron chi connectivity index (χ4n) is 4.30. The molecule has 0 spiro atoms. The van der Waals surface area contributed by atoms with Gasteiger partial charge < -0.3 is 14.2 Å². The van der Waals surface area contributed by atoms with E-state index in [4.69, 9.17) is 8.83 Å². The van der Waals surface area contributed by atoms with Crippen LogP contribution in [0.5, 0.6) is 0 Å². The van der Waals surface area contributed by atoms with Crippen molar-refractivity contribution in [1.29, 1.82) is 0 Å². The second-order valence-electron chi connectivity index (χ2n) is 9.04. The molecule has 37 heavy (non-hydrogen) atoms. The van der Waals surface area contributed by atoms with Crippen LogP contribution in [0.2, 0.25) is 0 Å². The summed E-state index contributed by atoms with van der Waals surface area (Å²) >= 11 is 0. The Morgan fingerprint density at radius 3 is 2.41 bits per heavy atom. The minimum Gasteiger partial charge on any atom is -0.436 e. The first-order valence-electron chi connectivity index (χ1n) is 11.9. The lowest BCUT2D eigenvalue weighted by Gasteiger charge is -2.10. The number of oxazole rings is 1. The Morgan fingerprint density at radius 1 is 0.784 bits per heavy atom. The average molecular weight is 487 g/mol. The molecule has 1 N–H and O–H groups in total. The summed E-state index contributed by atoms with van der Waals surface area (Å²) in [5.41, 5.74) is 6.67. The summed E-state index contributed by atoms with van der Waals surface area (Å²) in [7, 11) is 0. The Bertz CT molecular complexity index is 1860. The van der Waals surface area contributed by atoms with Crippen molar-refractivity contribution in [2.24, 2.45) is 0 Å². The highest BCUT2D eigenvalue weighted by Crippen LogP contribution is 2.29. The first kappa shape index (κ1) is 22.5. The van der Waals surface area contributed by atoms with Crippen LogP contribution in [0.3, 0.4) is 0 Å². The van der Waals surface area contributed by atoms with Gasteiger partial charge in [0.1, 0.15) is 11.1 Å². The maximum Gasteiger partial charge on any atom is 0.344 e. The third-order valence-corrected chi connectivity index (χ3v) is 6.38. The van der Waals surface area contributed by atoms with Crippen LogP contribution in [0.1, 0.15) is 21.5 Å². The molecule has 0 aliphatic heterocycles. The molecular weight excluding hydrogens is 464 g/mol. The van der Waals surface area contributed by atoms with Gasteiger partial charge >= 0.3 is 5.63 Å². The molecule has 0 aliphatic carbocycles. The predicted molar refractivity (Wildman–Crippen MR) is 145 cm³/mol. The number of fused-ring (bicyclic) bond motifs is 2. The summed E-state index contributed by atoms with van der Waals surface area (Å²) in [4.78, 5) is 30.1. The maximum atomic E-state index is 13.1. The van der Waals surface area contributed by atoms with Crippen molar-refractivity contribution in [1.82, 2.24) is 4.98 Å². The number of hydrogen-bond acceptors (Lipinski definition) is 5. The van der Waals surface area contributed by atoms with E-state index in [1.54, 1.807) is 36.4 Å². The van der Waals surface area contributed by atoms with Gasteiger partial charge in [-0.15, -0.1) is 0 Å². The number of carbonyl (C=O) groups is 1. The third-order valence-electron chi connectivity index (χ3n) is 6.38. The molecule has 0 aliphatic rings. The molecule has 0 unspecified atom stereocenters. The minimum absolute atomic E-state index is 0.259. The summed E-state index contributed by atoms with van der Waals surface area (Å²) in [6.45, 7) is 3.93. The number of aryl methyl sites for hydroxylation is 2. The molecule has 0 fully saturated rings. The number of para-hydroxylation sites is 1. The van der Waals surface area contributed by atoms with Gasteiger partial charge in [0.2, 0.25) is 5.89 Å². The molecule has 0 saturated heterocycles. The van der Waals surface area contributed by atoms with Gasteiger partial charge in [0.05, 0.1) is 5.56 Å². The number of hydrogen-bond donors (Lipinski definition) is 1. The van der Waals surface area contributed by atoms with E-state index in [2.05, 4.69) is 10.3 Å². The van der Waals surface area contributed by atoms with Gasteiger partial charge in [0.25, 0.3) is 5.91 Å². The lowest BCUT2D eigenvalue weighted by Crippen LogP contribution is -2.13. The molecule has 6 nitrogen and oxygen atoms in total. The van der Waals surface area contributed by atoms with E-state index < -0.39 is 5.63 Å². The number of amides is 1. The topological polar surface area (TPSA) is 85.3 Å². The van der Waals surface area contributed by atoms with Gasteiger partial charge in [-0.2, -0.15) is 0 Å². The lowest BCUT2D eigenvalue weighted by molar-refractivity contribution is 0.102. The minimum atomic E-state index is -0.419. The van der Waals surface area contributed by atoms with Crippen LogP contribution in [0.4, 0.5) is 5.69 Å². The largest absolute Gasteiger partial charge is 0.436 e. The van der Waals surface area contributed by atoms with Gasteiger partial charge in [-0.25, -0.2) is 9.78 Å². The van der Waals surface area contributed by atoms with Gasteiger partial charge in [-0.1, -0.05) is 42.5 Å². The van der Waals surface area contributed by atoms with Crippen LogP contribution >= 0.6 is 0 Å². The predicted octanol–water partition coefficient (Wildman–Crippen LogP) is 7.14. The van der Waals surface area contributed by atoms with E-state index in [1.807, 2.05) is 68.4 Å². The number of benzene rings is 4. The molecule has 0 atom stereocenters. The average Bonchev–Trinajstić information content (AvgIpc) is 3.33. The van der Waals surface area contributed by atoms with E-state index in [1.165, 1.54) is 0 Å². The second kappa shape index (κ2) is 8.91. The van der Waals surface area contributed by atoms with Crippen molar-refractivity contribution in [3.63, 3.8) is 0 Å². The molecule has 180 valence electrons. The lowest BCUT2D eigenvalue weighted by atomic mass is 10.0. The zero-order valence-corrected chi connectivity index (χ0v) is 20.2. The van der Waals surface area contributed by atoms with E-state index in [-0.39, 0.29) is 5.91 Å². The molecule has 6 heteroatoms. The number of nitrogens with one attached hydrogen (secondary N) is 1. The molecule has 6 rings (SSSR count). The molecular formula is C31H22N2O4. The molecule has 1 amide bonds. The van der Waals surface area contributed by atoms with Crippen LogP contribution in [-0.2, 0) is 0 Å². The van der Waals surface area contributed by atoms with E-state index in [0.717, 1.165) is 33.2 Å². The molecule has 2 aromatic heterocycles. The highest BCUT2D eigenvalue weighted by atomic mass is 16.4. The quantitative estimate of drug-likeness (QED) is 0.268. The number of nitrogens with zero attached hydrogens (tertiary/aromatic N) is 1. The molecule has 0 saturated carbocycles. The number of rotatable bonds is 4. The molecule has 0 bridgehead atoms. The monoisotopic (exact) mass is 486 g/mol. The van der Waals surface area contributed by atoms with Crippen LogP contribution in [0.25, 0.3) is 44.7 Å². The van der Waals surface area contributed by atoms with Crippen molar-refractivity contribution in [3.05, 3.63) is 118 Å².